The molecule has 0 saturated carbocycles. The van der Waals surface area contributed by atoms with Crippen LogP contribution in [-0.4, -0.2) is 29.7 Å². The highest BCUT2D eigenvalue weighted by atomic mass is 16.5. The zero-order chi connectivity index (χ0) is 21.3. The molecule has 0 bridgehead atoms. The van der Waals surface area contributed by atoms with Crippen molar-refractivity contribution in [3.63, 3.8) is 0 Å². The first-order valence-corrected chi connectivity index (χ1v) is 9.35. The maximum Gasteiger partial charge on any atom is 0.338 e. The highest BCUT2D eigenvalue weighted by molar-refractivity contribution is 6.34. The summed E-state index contributed by atoms with van der Waals surface area (Å²) in [6.07, 6.45) is -0.948. The van der Waals surface area contributed by atoms with E-state index in [9.17, 15) is 19.2 Å². The molecule has 3 aromatic rings. The van der Waals surface area contributed by atoms with E-state index in [4.69, 9.17) is 4.74 Å². The van der Waals surface area contributed by atoms with Gasteiger partial charge in [-0.1, -0.05) is 42.5 Å². The Bertz CT molecular complexity index is 1120. The Labute approximate surface area is 172 Å². The zero-order valence-electron chi connectivity index (χ0n) is 16.1. The minimum atomic E-state index is -0.948. The van der Waals surface area contributed by atoms with E-state index in [0.717, 1.165) is 4.90 Å². The van der Waals surface area contributed by atoms with E-state index < -0.39 is 23.9 Å². The third kappa shape index (κ3) is 3.39. The van der Waals surface area contributed by atoms with Gasteiger partial charge in [0.05, 0.1) is 22.4 Å². The molecule has 0 N–H and O–H groups in total. The Balaban J connectivity index is 1.48. The Morgan fingerprint density at radius 3 is 1.83 bits per heavy atom. The van der Waals surface area contributed by atoms with Crippen LogP contribution in [0.1, 0.15) is 48.4 Å². The lowest BCUT2D eigenvalue weighted by atomic mass is 10.1. The molecular formula is C24H17NO5. The highest BCUT2D eigenvalue weighted by Gasteiger charge is 2.36. The summed E-state index contributed by atoms with van der Waals surface area (Å²) < 4.78 is 5.27. The van der Waals surface area contributed by atoms with Crippen molar-refractivity contribution >= 4 is 29.3 Å². The van der Waals surface area contributed by atoms with E-state index in [1.807, 2.05) is 0 Å². The SMILES string of the molecule is C[C@@H](OC(=O)c1ccc(N2C(=O)c3ccccc3C2=O)cc1)C(=O)c1ccccc1. The molecule has 6 nitrogen and oxygen atoms in total. The van der Waals surface area contributed by atoms with Crippen LogP contribution in [0.3, 0.4) is 0 Å². The van der Waals surface area contributed by atoms with Crippen LogP contribution < -0.4 is 4.90 Å². The first-order chi connectivity index (χ1) is 14.5. The summed E-state index contributed by atoms with van der Waals surface area (Å²) in [5.41, 5.74) is 1.71. The van der Waals surface area contributed by atoms with E-state index in [2.05, 4.69) is 0 Å². The van der Waals surface area contributed by atoms with E-state index in [1.54, 1.807) is 54.6 Å². The average Bonchev–Trinajstić information content (AvgIpc) is 3.04. The fourth-order valence-electron chi connectivity index (χ4n) is 3.29. The zero-order valence-corrected chi connectivity index (χ0v) is 16.1. The van der Waals surface area contributed by atoms with Gasteiger partial charge < -0.3 is 4.74 Å². The number of nitrogens with zero attached hydrogens (tertiary/aromatic N) is 1. The van der Waals surface area contributed by atoms with Crippen LogP contribution in [-0.2, 0) is 4.74 Å². The maximum absolute atomic E-state index is 12.6. The molecule has 0 aromatic heterocycles. The molecule has 1 aliphatic rings. The number of amides is 2. The molecule has 0 unspecified atom stereocenters. The molecule has 0 spiro atoms. The average molecular weight is 399 g/mol. The van der Waals surface area contributed by atoms with Crippen molar-refractivity contribution < 1.29 is 23.9 Å². The van der Waals surface area contributed by atoms with Gasteiger partial charge >= 0.3 is 5.97 Å². The van der Waals surface area contributed by atoms with E-state index in [1.165, 1.54) is 31.2 Å². The van der Waals surface area contributed by atoms with Gasteiger partial charge in [0.2, 0.25) is 5.78 Å². The minimum Gasteiger partial charge on any atom is -0.451 e. The lowest BCUT2D eigenvalue weighted by Gasteiger charge is -2.15. The first-order valence-electron chi connectivity index (χ1n) is 9.35. The molecule has 0 saturated heterocycles. The summed E-state index contributed by atoms with van der Waals surface area (Å²) in [4.78, 5) is 51.0. The summed E-state index contributed by atoms with van der Waals surface area (Å²) in [5, 5.41) is 0. The summed E-state index contributed by atoms with van der Waals surface area (Å²) >= 11 is 0. The van der Waals surface area contributed by atoms with Gasteiger partial charge in [0.15, 0.2) is 6.10 Å². The number of anilines is 1. The second kappa shape index (κ2) is 7.75. The van der Waals surface area contributed by atoms with E-state index >= 15 is 0 Å². The van der Waals surface area contributed by atoms with Gasteiger partial charge in [-0.2, -0.15) is 0 Å². The molecule has 0 radical (unpaired) electrons. The van der Waals surface area contributed by atoms with Crippen molar-refractivity contribution in [2.24, 2.45) is 0 Å². The number of ether oxygens (including phenoxy) is 1. The molecule has 1 aliphatic heterocycles. The standard InChI is InChI=1S/C24H17NO5/c1-15(21(26)16-7-3-2-4-8-16)30-24(29)17-11-13-18(14-12-17)25-22(27)19-9-5-6-10-20(19)23(25)28/h2-15H,1H3/t15-/m1/s1. The van der Waals surface area contributed by atoms with E-state index in [-0.39, 0.29) is 11.3 Å². The van der Waals surface area contributed by atoms with Gasteiger partial charge in [-0.05, 0) is 43.3 Å². The third-order valence-electron chi connectivity index (χ3n) is 4.87. The number of carbonyl (C=O) groups excluding carboxylic acids is 4. The summed E-state index contributed by atoms with van der Waals surface area (Å²) in [6.45, 7) is 1.51. The quantitative estimate of drug-likeness (QED) is 0.369. The number of ketones is 1. The number of esters is 1. The van der Waals surface area contributed by atoms with Crippen LogP contribution in [0.4, 0.5) is 5.69 Å². The second-order valence-electron chi connectivity index (χ2n) is 6.82. The Morgan fingerprint density at radius 2 is 1.27 bits per heavy atom. The number of carbonyl (C=O) groups is 4. The largest absolute Gasteiger partial charge is 0.451 e. The van der Waals surface area contributed by atoms with Crippen LogP contribution >= 0.6 is 0 Å². The van der Waals surface area contributed by atoms with Gasteiger partial charge in [-0.3, -0.25) is 14.4 Å². The highest BCUT2D eigenvalue weighted by Crippen LogP contribution is 2.28. The van der Waals surface area contributed by atoms with Crippen LogP contribution in [0, 0.1) is 0 Å². The van der Waals surface area contributed by atoms with Crippen LogP contribution in [0.5, 0.6) is 0 Å². The Morgan fingerprint density at radius 1 is 0.733 bits per heavy atom. The monoisotopic (exact) mass is 399 g/mol. The van der Waals surface area contributed by atoms with Crippen molar-refractivity contribution in [3.05, 3.63) is 101 Å². The van der Waals surface area contributed by atoms with Crippen molar-refractivity contribution in [1.29, 1.82) is 0 Å². The number of hydrogen-bond acceptors (Lipinski definition) is 5. The molecule has 30 heavy (non-hydrogen) atoms. The second-order valence-corrected chi connectivity index (χ2v) is 6.82. The molecule has 3 aromatic carbocycles. The summed E-state index contributed by atoms with van der Waals surface area (Å²) in [5.74, 6) is -1.78. The summed E-state index contributed by atoms with van der Waals surface area (Å²) in [7, 11) is 0. The van der Waals surface area contributed by atoms with Crippen LogP contribution in [0.2, 0.25) is 0 Å². The number of Topliss-reactive ketones (excluding diaryl/α,β-unsaturated/α-hetero) is 1. The van der Waals surface area contributed by atoms with Crippen LogP contribution in [0.15, 0.2) is 78.9 Å². The molecular weight excluding hydrogens is 382 g/mol. The lowest BCUT2D eigenvalue weighted by molar-refractivity contribution is 0.0319. The van der Waals surface area contributed by atoms with Crippen molar-refractivity contribution in [3.8, 4) is 0 Å². The lowest BCUT2D eigenvalue weighted by Crippen LogP contribution is -2.29. The van der Waals surface area contributed by atoms with Gasteiger partial charge in [0.25, 0.3) is 11.8 Å². The van der Waals surface area contributed by atoms with Crippen molar-refractivity contribution in [1.82, 2.24) is 0 Å². The molecule has 4 rings (SSSR count). The predicted octanol–water partition coefficient (Wildman–Crippen LogP) is 3.92. The number of fused-ring (bicyclic) bond motifs is 1. The van der Waals surface area contributed by atoms with Gasteiger partial charge in [-0.25, -0.2) is 9.69 Å². The molecule has 2 amide bonds. The van der Waals surface area contributed by atoms with Gasteiger partial charge in [-0.15, -0.1) is 0 Å². The molecule has 6 heteroatoms. The first kappa shape index (κ1) is 19.3. The number of benzene rings is 3. The molecule has 0 aliphatic carbocycles. The fraction of sp³-hybridized carbons (Fsp3) is 0.0833. The molecule has 1 atom stereocenters. The van der Waals surface area contributed by atoms with Gasteiger partial charge in [0.1, 0.15) is 0 Å². The Hall–Kier alpha value is -4.06. The number of imide groups is 1. The Kier molecular flexibility index (Phi) is 4.98. The van der Waals surface area contributed by atoms with Crippen LogP contribution in [0.25, 0.3) is 0 Å². The predicted molar refractivity (Wildman–Crippen MR) is 110 cm³/mol. The van der Waals surface area contributed by atoms with E-state index in [0.29, 0.717) is 22.4 Å². The number of hydrogen-bond donors (Lipinski definition) is 0. The third-order valence-corrected chi connectivity index (χ3v) is 4.87. The topological polar surface area (TPSA) is 80.8 Å². The maximum atomic E-state index is 12.6. The minimum absolute atomic E-state index is 0.211. The normalized spacial score (nSPS) is 13.7. The van der Waals surface area contributed by atoms with Crippen molar-refractivity contribution in [2.75, 3.05) is 4.90 Å². The number of rotatable bonds is 5. The molecule has 0 fully saturated rings. The fourth-order valence-corrected chi connectivity index (χ4v) is 3.29. The van der Waals surface area contributed by atoms with Crippen molar-refractivity contribution in [2.45, 2.75) is 13.0 Å². The smallest absolute Gasteiger partial charge is 0.338 e. The van der Waals surface area contributed by atoms with Gasteiger partial charge in [0, 0.05) is 5.56 Å². The molecule has 148 valence electrons. The summed E-state index contributed by atoms with van der Waals surface area (Å²) in [6, 6.07) is 21.1. The molecule has 1 heterocycles.